The number of nitrogens with one attached hydrogen (secondary N) is 1. The molecule has 3 aromatic rings. The summed E-state index contributed by atoms with van der Waals surface area (Å²) in [6.07, 6.45) is 1.90. The van der Waals surface area contributed by atoms with Crippen molar-refractivity contribution in [2.24, 2.45) is 0 Å². The third-order valence-electron chi connectivity index (χ3n) is 5.56. The van der Waals surface area contributed by atoms with Crippen LogP contribution in [0.25, 0.3) is 0 Å². The van der Waals surface area contributed by atoms with Crippen LogP contribution in [0.3, 0.4) is 0 Å². The lowest BCUT2D eigenvalue weighted by molar-refractivity contribution is 0.0909. The van der Waals surface area contributed by atoms with Crippen LogP contribution in [-0.4, -0.2) is 37.0 Å². The number of amides is 1. The molecular weight excluding hydrogens is 388 g/mol. The van der Waals surface area contributed by atoms with Crippen LogP contribution in [0.2, 0.25) is 0 Å². The van der Waals surface area contributed by atoms with Crippen LogP contribution in [0.15, 0.2) is 78.9 Å². The minimum absolute atomic E-state index is 0.0301. The van der Waals surface area contributed by atoms with Crippen molar-refractivity contribution in [1.82, 2.24) is 10.2 Å². The number of nitrogens with zero attached hydrogens (tertiary/aromatic N) is 1. The molecule has 1 saturated heterocycles. The Hall–Kier alpha value is -3.31. The van der Waals surface area contributed by atoms with Gasteiger partial charge in [-0.25, -0.2) is 0 Å². The number of hydrogen-bond donors (Lipinski definition) is 1. The summed E-state index contributed by atoms with van der Waals surface area (Å²) in [5.74, 6) is 2.35. The lowest BCUT2D eigenvalue weighted by Crippen LogP contribution is -2.44. The molecule has 0 radical (unpaired) electrons. The average Bonchev–Trinajstić information content (AvgIpc) is 2.81. The van der Waals surface area contributed by atoms with Crippen molar-refractivity contribution < 1.29 is 14.3 Å². The summed E-state index contributed by atoms with van der Waals surface area (Å²) in [6.45, 7) is 2.83. The van der Waals surface area contributed by atoms with Crippen LogP contribution in [0.4, 0.5) is 0 Å². The number of piperidine rings is 1. The van der Waals surface area contributed by atoms with Crippen molar-refractivity contribution >= 4 is 5.91 Å². The molecule has 1 fully saturated rings. The molecule has 3 aromatic carbocycles. The Labute approximate surface area is 183 Å². The molecule has 160 valence electrons. The highest BCUT2D eigenvalue weighted by Gasteiger charge is 2.21. The van der Waals surface area contributed by atoms with Gasteiger partial charge in [0.2, 0.25) is 0 Å². The fourth-order valence-electron chi connectivity index (χ4n) is 3.83. The first-order chi connectivity index (χ1) is 15.2. The maximum absolute atomic E-state index is 12.6. The molecule has 1 amide bonds. The molecule has 1 N–H and O–H groups in total. The van der Waals surface area contributed by atoms with Gasteiger partial charge in [0.05, 0.1) is 7.11 Å². The Morgan fingerprint density at radius 1 is 0.903 bits per heavy atom. The van der Waals surface area contributed by atoms with Gasteiger partial charge in [-0.1, -0.05) is 30.3 Å². The second kappa shape index (κ2) is 10.1. The molecule has 1 aliphatic rings. The summed E-state index contributed by atoms with van der Waals surface area (Å²) in [5.41, 5.74) is 1.90. The molecule has 0 atom stereocenters. The molecule has 4 rings (SSSR count). The summed E-state index contributed by atoms with van der Waals surface area (Å²) in [6, 6.07) is 25.3. The standard InChI is InChI=1S/C26H28N2O3/c1-30-25-9-5-6-20(18-25)19-28-16-14-22(15-17-28)27-26(29)21-10-12-24(13-11-21)31-23-7-3-2-4-8-23/h2-13,18,22H,14-17,19H2,1H3,(H,27,29). The topological polar surface area (TPSA) is 50.8 Å². The summed E-state index contributed by atoms with van der Waals surface area (Å²) in [4.78, 5) is 15.1. The molecule has 0 saturated carbocycles. The summed E-state index contributed by atoms with van der Waals surface area (Å²) in [5, 5.41) is 3.18. The normalized spacial score (nSPS) is 14.7. The van der Waals surface area contributed by atoms with Crippen LogP contribution in [-0.2, 0) is 6.54 Å². The Morgan fingerprint density at radius 3 is 2.29 bits per heavy atom. The zero-order valence-electron chi connectivity index (χ0n) is 17.8. The minimum Gasteiger partial charge on any atom is -0.497 e. The van der Waals surface area contributed by atoms with Crippen molar-refractivity contribution in [3.63, 3.8) is 0 Å². The predicted octanol–water partition coefficient (Wildman–Crippen LogP) is 4.88. The van der Waals surface area contributed by atoms with E-state index in [1.165, 1.54) is 5.56 Å². The van der Waals surface area contributed by atoms with E-state index in [-0.39, 0.29) is 11.9 Å². The van der Waals surface area contributed by atoms with E-state index in [1.807, 2.05) is 66.7 Å². The van der Waals surface area contributed by atoms with Gasteiger partial charge < -0.3 is 14.8 Å². The average molecular weight is 417 g/mol. The maximum Gasteiger partial charge on any atom is 0.251 e. The molecule has 5 heteroatoms. The Kier molecular flexibility index (Phi) is 6.85. The third-order valence-corrected chi connectivity index (χ3v) is 5.56. The maximum atomic E-state index is 12.6. The molecular formula is C26H28N2O3. The Morgan fingerprint density at radius 2 is 1.58 bits per heavy atom. The van der Waals surface area contributed by atoms with E-state index >= 15 is 0 Å². The van der Waals surface area contributed by atoms with E-state index in [0.29, 0.717) is 11.3 Å². The highest BCUT2D eigenvalue weighted by molar-refractivity contribution is 5.94. The number of likely N-dealkylation sites (tertiary alicyclic amines) is 1. The quantitative estimate of drug-likeness (QED) is 0.596. The summed E-state index contributed by atoms with van der Waals surface area (Å²) in [7, 11) is 1.69. The van der Waals surface area contributed by atoms with Gasteiger partial charge in [0, 0.05) is 31.2 Å². The third kappa shape index (κ3) is 5.86. The highest BCUT2D eigenvalue weighted by Crippen LogP contribution is 2.22. The minimum atomic E-state index is -0.0301. The van der Waals surface area contributed by atoms with Gasteiger partial charge in [0.25, 0.3) is 5.91 Å². The molecule has 5 nitrogen and oxygen atoms in total. The van der Waals surface area contributed by atoms with Crippen LogP contribution in [0.5, 0.6) is 17.2 Å². The second-order valence-electron chi connectivity index (χ2n) is 7.81. The molecule has 0 unspecified atom stereocenters. The number of methoxy groups -OCH3 is 1. The monoisotopic (exact) mass is 416 g/mol. The highest BCUT2D eigenvalue weighted by atomic mass is 16.5. The van der Waals surface area contributed by atoms with E-state index in [0.717, 1.165) is 44.0 Å². The number of carbonyl (C=O) groups is 1. The number of ether oxygens (including phenoxy) is 2. The molecule has 1 aliphatic heterocycles. The molecule has 1 heterocycles. The van der Waals surface area contributed by atoms with Gasteiger partial charge >= 0.3 is 0 Å². The zero-order valence-corrected chi connectivity index (χ0v) is 17.8. The SMILES string of the molecule is COc1cccc(CN2CCC(NC(=O)c3ccc(Oc4ccccc4)cc3)CC2)c1. The van der Waals surface area contributed by atoms with Gasteiger partial charge in [0.15, 0.2) is 0 Å². The zero-order chi connectivity index (χ0) is 21.5. The Bertz CT molecular complexity index is 981. The van der Waals surface area contributed by atoms with Crippen molar-refractivity contribution in [2.75, 3.05) is 20.2 Å². The van der Waals surface area contributed by atoms with Gasteiger partial charge in [0.1, 0.15) is 17.2 Å². The van der Waals surface area contributed by atoms with Crippen molar-refractivity contribution in [3.05, 3.63) is 90.0 Å². The molecule has 31 heavy (non-hydrogen) atoms. The fraction of sp³-hybridized carbons (Fsp3) is 0.269. The lowest BCUT2D eigenvalue weighted by Gasteiger charge is -2.32. The van der Waals surface area contributed by atoms with Gasteiger partial charge in [-0.3, -0.25) is 9.69 Å². The van der Waals surface area contributed by atoms with Crippen LogP contribution in [0.1, 0.15) is 28.8 Å². The van der Waals surface area contributed by atoms with E-state index in [1.54, 1.807) is 7.11 Å². The second-order valence-corrected chi connectivity index (χ2v) is 7.81. The van der Waals surface area contributed by atoms with Gasteiger partial charge in [-0.2, -0.15) is 0 Å². The summed E-state index contributed by atoms with van der Waals surface area (Å²) < 4.78 is 11.1. The van der Waals surface area contributed by atoms with E-state index < -0.39 is 0 Å². The van der Waals surface area contributed by atoms with Crippen molar-refractivity contribution in [1.29, 1.82) is 0 Å². The number of rotatable bonds is 7. The largest absolute Gasteiger partial charge is 0.497 e. The first-order valence-corrected chi connectivity index (χ1v) is 10.7. The van der Waals surface area contributed by atoms with Gasteiger partial charge in [-0.05, 0) is 66.9 Å². The number of para-hydroxylation sites is 1. The van der Waals surface area contributed by atoms with Crippen LogP contribution in [0, 0.1) is 0 Å². The fourth-order valence-corrected chi connectivity index (χ4v) is 3.83. The molecule has 0 bridgehead atoms. The van der Waals surface area contributed by atoms with Crippen molar-refractivity contribution in [2.45, 2.75) is 25.4 Å². The Balaban J connectivity index is 1.25. The number of hydrogen-bond acceptors (Lipinski definition) is 4. The van der Waals surface area contributed by atoms with E-state index in [4.69, 9.17) is 9.47 Å². The lowest BCUT2D eigenvalue weighted by atomic mass is 10.0. The van der Waals surface area contributed by atoms with Crippen LogP contribution >= 0.6 is 0 Å². The first-order valence-electron chi connectivity index (χ1n) is 10.7. The first kappa shape index (κ1) is 20.9. The predicted molar refractivity (Wildman–Crippen MR) is 122 cm³/mol. The van der Waals surface area contributed by atoms with E-state index in [9.17, 15) is 4.79 Å². The van der Waals surface area contributed by atoms with Gasteiger partial charge in [-0.15, -0.1) is 0 Å². The molecule has 0 aliphatic carbocycles. The van der Waals surface area contributed by atoms with E-state index in [2.05, 4.69) is 22.3 Å². The number of benzene rings is 3. The van der Waals surface area contributed by atoms with Crippen LogP contribution < -0.4 is 14.8 Å². The van der Waals surface area contributed by atoms with Crippen molar-refractivity contribution in [3.8, 4) is 17.2 Å². The molecule has 0 spiro atoms. The molecule has 0 aromatic heterocycles. The number of carbonyl (C=O) groups excluding carboxylic acids is 1. The smallest absolute Gasteiger partial charge is 0.251 e. The summed E-state index contributed by atoms with van der Waals surface area (Å²) >= 11 is 0.